The van der Waals surface area contributed by atoms with E-state index in [2.05, 4.69) is 9.97 Å². The Morgan fingerprint density at radius 1 is 1.21 bits per heavy atom. The first kappa shape index (κ1) is 27.9. The van der Waals surface area contributed by atoms with Crippen molar-refractivity contribution in [3.63, 3.8) is 0 Å². The number of hydrogen-bond donors (Lipinski definition) is 0. The minimum absolute atomic E-state index is 0.0365. The van der Waals surface area contributed by atoms with Crippen molar-refractivity contribution in [2.24, 2.45) is 0 Å². The van der Waals surface area contributed by atoms with E-state index in [9.17, 15) is 18.0 Å². The molecule has 0 radical (unpaired) electrons. The van der Waals surface area contributed by atoms with Crippen molar-refractivity contribution in [2.45, 2.75) is 44.6 Å². The second kappa shape index (κ2) is 11.3. The molecule has 3 aromatic heterocycles. The van der Waals surface area contributed by atoms with Crippen molar-refractivity contribution in [1.29, 1.82) is 0 Å². The van der Waals surface area contributed by atoms with Crippen molar-refractivity contribution in [3.8, 4) is 5.75 Å². The fourth-order valence-electron chi connectivity index (χ4n) is 4.25. The van der Waals surface area contributed by atoms with Crippen LogP contribution in [0.1, 0.15) is 51.1 Å². The van der Waals surface area contributed by atoms with Crippen molar-refractivity contribution in [1.82, 2.24) is 19.2 Å². The molecule has 1 aliphatic carbocycles. The molecule has 0 aromatic carbocycles. The number of ether oxygens (including phenoxy) is 1. The smallest absolute Gasteiger partial charge is 0.235 e. The van der Waals surface area contributed by atoms with Crippen LogP contribution in [0.15, 0.2) is 41.1 Å². The molecule has 38 heavy (non-hydrogen) atoms. The number of carbonyl (C=O) groups is 2. The summed E-state index contributed by atoms with van der Waals surface area (Å²) in [6, 6.07) is 7.38. The standard InChI is InChI=1S/C26H32N4O6S2/c1-18-24(21(31)17-38(33,34)29(2)3)28-23(37-18)16-30(13-5-7-19-8-6-14-36-19)25(32)26(11-12-26)22-10-9-20(35-4)15-27-22/h6,8-10,14-15H,5,7,11-13,16-17H2,1-4H3. The number of furan rings is 1. The van der Waals surface area contributed by atoms with Crippen molar-refractivity contribution < 1.29 is 27.2 Å². The van der Waals surface area contributed by atoms with Gasteiger partial charge in [0.15, 0.2) is 5.78 Å². The lowest BCUT2D eigenvalue weighted by molar-refractivity contribution is -0.134. The van der Waals surface area contributed by atoms with Crippen molar-refractivity contribution in [2.75, 3.05) is 33.5 Å². The number of nitrogens with zero attached hydrogens (tertiary/aromatic N) is 4. The molecule has 1 fully saturated rings. The molecule has 12 heteroatoms. The summed E-state index contributed by atoms with van der Waals surface area (Å²) in [5.74, 6) is 0.220. The van der Waals surface area contributed by atoms with Gasteiger partial charge in [0.25, 0.3) is 0 Å². The lowest BCUT2D eigenvalue weighted by Gasteiger charge is -2.26. The second-order valence-electron chi connectivity index (χ2n) is 9.55. The molecule has 3 aromatic rings. The van der Waals surface area contributed by atoms with Crippen LogP contribution in [0.5, 0.6) is 5.75 Å². The molecule has 10 nitrogen and oxygen atoms in total. The SMILES string of the molecule is COc1ccc(C2(C(=O)N(CCCc3ccco3)Cc3nc(C(=O)CS(=O)(=O)N(C)C)c(C)s3)CC2)nc1. The van der Waals surface area contributed by atoms with Gasteiger partial charge in [-0.05, 0) is 50.5 Å². The van der Waals surface area contributed by atoms with E-state index in [-0.39, 0.29) is 18.1 Å². The third-order valence-electron chi connectivity index (χ3n) is 6.64. The monoisotopic (exact) mass is 560 g/mol. The maximum absolute atomic E-state index is 13.9. The van der Waals surface area contributed by atoms with Crippen LogP contribution in [0.3, 0.4) is 0 Å². The average molecular weight is 561 g/mol. The summed E-state index contributed by atoms with van der Waals surface area (Å²) < 4.78 is 36.1. The third kappa shape index (κ3) is 6.13. The molecule has 1 amide bonds. The van der Waals surface area contributed by atoms with Crippen LogP contribution >= 0.6 is 11.3 Å². The quantitative estimate of drug-likeness (QED) is 0.292. The van der Waals surface area contributed by atoms with Gasteiger partial charge < -0.3 is 14.1 Å². The molecule has 0 atom stereocenters. The van der Waals surface area contributed by atoms with Gasteiger partial charge >= 0.3 is 0 Å². The number of Topliss-reactive ketones (excluding diaryl/α,β-unsaturated/α-hetero) is 1. The fourth-order valence-corrected chi connectivity index (χ4v) is 5.94. The number of aromatic nitrogens is 2. The highest BCUT2D eigenvalue weighted by Crippen LogP contribution is 2.49. The van der Waals surface area contributed by atoms with E-state index in [1.807, 2.05) is 18.2 Å². The molecule has 0 N–H and O–H groups in total. The number of pyridine rings is 1. The minimum Gasteiger partial charge on any atom is -0.495 e. The zero-order valence-corrected chi connectivity index (χ0v) is 23.6. The van der Waals surface area contributed by atoms with E-state index in [0.29, 0.717) is 53.6 Å². The first-order chi connectivity index (χ1) is 18.1. The van der Waals surface area contributed by atoms with Gasteiger partial charge in [0.1, 0.15) is 28.0 Å². The van der Waals surface area contributed by atoms with Crippen LogP contribution in [0.2, 0.25) is 0 Å². The normalized spacial score (nSPS) is 14.4. The number of thiazole rings is 1. The van der Waals surface area contributed by atoms with Crippen LogP contribution in [0, 0.1) is 6.92 Å². The molecule has 4 rings (SSSR count). The first-order valence-electron chi connectivity index (χ1n) is 12.3. The van der Waals surface area contributed by atoms with Crippen LogP contribution in [0.25, 0.3) is 0 Å². The molecule has 204 valence electrons. The van der Waals surface area contributed by atoms with E-state index >= 15 is 0 Å². The van der Waals surface area contributed by atoms with Gasteiger partial charge in [0, 0.05) is 31.9 Å². The minimum atomic E-state index is -3.71. The zero-order chi connectivity index (χ0) is 27.5. The van der Waals surface area contributed by atoms with Gasteiger partial charge in [-0.1, -0.05) is 0 Å². The van der Waals surface area contributed by atoms with Crippen LogP contribution in [0.4, 0.5) is 0 Å². The Morgan fingerprint density at radius 2 is 1.97 bits per heavy atom. The lowest BCUT2D eigenvalue weighted by Crippen LogP contribution is -2.40. The Balaban J connectivity index is 1.55. The molecule has 0 aliphatic heterocycles. The van der Waals surface area contributed by atoms with Gasteiger partial charge in [0.05, 0.1) is 37.2 Å². The largest absolute Gasteiger partial charge is 0.495 e. The molecule has 1 aliphatic rings. The number of hydrogen-bond acceptors (Lipinski definition) is 9. The van der Waals surface area contributed by atoms with E-state index < -0.39 is 27.0 Å². The number of rotatable bonds is 13. The number of aryl methyl sites for hydroxylation is 2. The zero-order valence-electron chi connectivity index (χ0n) is 22.0. The number of amides is 1. The maximum atomic E-state index is 13.9. The van der Waals surface area contributed by atoms with Gasteiger partial charge in [0.2, 0.25) is 15.9 Å². The Morgan fingerprint density at radius 3 is 2.55 bits per heavy atom. The van der Waals surface area contributed by atoms with Gasteiger partial charge in [-0.2, -0.15) is 0 Å². The summed E-state index contributed by atoms with van der Waals surface area (Å²) in [5.41, 5.74) is 0.151. The van der Waals surface area contributed by atoms with Crippen molar-refractivity contribution in [3.05, 3.63) is 63.8 Å². The van der Waals surface area contributed by atoms with Gasteiger partial charge in [-0.25, -0.2) is 17.7 Å². The van der Waals surface area contributed by atoms with Gasteiger partial charge in [-0.3, -0.25) is 14.6 Å². The molecule has 3 heterocycles. The predicted octanol–water partition coefficient (Wildman–Crippen LogP) is 3.22. The Bertz CT molecular complexity index is 1380. The summed E-state index contributed by atoms with van der Waals surface area (Å²) in [7, 11) is 0.636. The summed E-state index contributed by atoms with van der Waals surface area (Å²) in [5, 5.41) is 0.581. The Kier molecular flexibility index (Phi) is 8.34. The molecule has 0 saturated heterocycles. The molecular formula is C26H32N4O6S2. The highest BCUT2D eigenvalue weighted by Gasteiger charge is 2.54. The molecule has 1 saturated carbocycles. The number of carbonyl (C=O) groups excluding carboxylic acids is 2. The van der Waals surface area contributed by atoms with Crippen LogP contribution in [-0.4, -0.2) is 72.8 Å². The van der Waals surface area contributed by atoms with Crippen LogP contribution in [-0.2, 0) is 33.2 Å². The summed E-state index contributed by atoms with van der Waals surface area (Å²) in [4.78, 5) is 38.0. The number of ketones is 1. The number of sulfonamides is 1. The predicted molar refractivity (Wildman–Crippen MR) is 143 cm³/mol. The molecule has 0 spiro atoms. The van der Waals surface area contributed by atoms with Crippen LogP contribution < -0.4 is 4.74 Å². The fraction of sp³-hybridized carbons (Fsp3) is 0.462. The topological polar surface area (TPSA) is 123 Å². The van der Waals surface area contributed by atoms with E-state index in [0.717, 1.165) is 10.1 Å². The summed E-state index contributed by atoms with van der Waals surface area (Å²) in [6.45, 7) is 2.42. The maximum Gasteiger partial charge on any atom is 0.235 e. The second-order valence-corrected chi connectivity index (χ2v) is 13.0. The van der Waals surface area contributed by atoms with Crippen molar-refractivity contribution >= 4 is 33.1 Å². The average Bonchev–Trinajstić information content (AvgIpc) is 3.36. The van der Waals surface area contributed by atoms with E-state index in [1.54, 1.807) is 37.5 Å². The van der Waals surface area contributed by atoms with E-state index in [4.69, 9.17) is 9.15 Å². The molecule has 0 unspecified atom stereocenters. The number of methoxy groups -OCH3 is 1. The van der Waals surface area contributed by atoms with Gasteiger partial charge in [-0.15, -0.1) is 11.3 Å². The summed E-state index contributed by atoms with van der Waals surface area (Å²) in [6.07, 6.45) is 6.00. The third-order valence-corrected chi connectivity index (χ3v) is 9.34. The highest BCUT2D eigenvalue weighted by atomic mass is 32.2. The first-order valence-corrected chi connectivity index (χ1v) is 14.7. The summed E-state index contributed by atoms with van der Waals surface area (Å²) >= 11 is 1.30. The van der Waals surface area contributed by atoms with E-state index in [1.165, 1.54) is 25.4 Å². The molecule has 0 bridgehead atoms. The Hall–Kier alpha value is -3.09. The Labute approximate surface area is 226 Å². The molecular weight excluding hydrogens is 528 g/mol. The lowest BCUT2D eigenvalue weighted by atomic mass is 9.99. The highest BCUT2D eigenvalue weighted by molar-refractivity contribution is 7.89.